The summed E-state index contributed by atoms with van der Waals surface area (Å²) < 4.78 is 19.0. The summed E-state index contributed by atoms with van der Waals surface area (Å²) in [5.74, 6) is 1.79. The van der Waals surface area contributed by atoms with Crippen molar-refractivity contribution in [2.75, 3.05) is 7.05 Å². The van der Waals surface area contributed by atoms with Crippen LogP contribution in [-0.2, 0) is 0 Å². The first-order chi connectivity index (χ1) is 8.69. The second kappa shape index (κ2) is 4.39. The van der Waals surface area contributed by atoms with Gasteiger partial charge in [0.25, 0.3) is 0 Å². The van der Waals surface area contributed by atoms with Gasteiger partial charge in [-0.1, -0.05) is 6.92 Å². The standard InChI is InChI=1S/C15H18FNO/c1-9-12(4-5-13(9)17-2)15-8-10-7-11(16)3-6-14(10)18-15/h3,6-9,12-13,17H,4-5H2,1-2H3. The van der Waals surface area contributed by atoms with Crippen LogP contribution < -0.4 is 5.32 Å². The van der Waals surface area contributed by atoms with Crippen LogP contribution >= 0.6 is 0 Å². The Kier molecular flexibility index (Phi) is 2.86. The van der Waals surface area contributed by atoms with Gasteiger partial charge in [0.05, 0.1) is 0 Å². The van der Waals surface area contributed by atoms with Gasteiger partial charge in [-0.05, 0) is 50.1 Å². The monoisotopic (exact) mass is 247 g/mol. The third-order valence-corrected chi connectivity index (χ3v) is 4.29. The highest BCUT2D eigenvalue weighted by Crippen LogP contribution is 2.41. The molecule has 1 fully saturated rings. The van der Waals surface area contributed by atoms with Crippen LogP contribution in [-0.4, -0.2) is 13.1 Å². The summed E-state index contributed by atoms with van der Waals surface area (Å²) >= 11 is 0. The van der Waals surface area contributed by atoms with Crippen LogP contribution in [0.4, 0.5) is 4.39 Å². The summed E-state index contributed by atoms with van der Waals surface area (Å²) in [6.45, 7) is 2.26. The molecule has 0 saturated heterocycles. The van der Waals surface area contributed by atoms with E-state index in [0.29, 0.717) is 17.9 Å². The summed E-state index contributed by atoms with van der Waals surface area (Å²) in [4.78, 5) is 0. The molecule has 0 aliphatic heterocycles. The lowest BCUT2D eigenvalue weighted by Gasteiger charge is -2.18. The van der Waals surface area contributed by atoms with Crippen molar-refractivity contribution in [1.82, 2.24) is 5.32 Å². The molecule has 3 atom stereocenters. The highest BCUT2D eigenvalue weighted by atomic mass is 19.1. The molecule has 2 nitrogen and oxygen atoms in total. The largest absolute Gasteiger partial charge is 0.461 e. The van der Waals surface area contributed by atoms with Gasteiger partial charge in [-0.2, -0.15) is 0 Å². The maximum absolute atomic E-state index is 13.2. The SMILES string of the molecule is CNC1CCC(c2cc3cc(F)ccc3o2)C1C. The number of nitrogens with one attached hydrogen (secondary N) is 1. The van der Waals surface area contributed by atoms with E-state index in [0.717, 1.165) is 23.2 Å². The number of hydrogen-bond donors (Lipinski definition) is 1. The lowest BCUT2D eigenvalue weighted by Crippen LogP contribution is -2.28. The zero-order valence-electron chi connectivity index (χ0n) is 10.7. The molecular formula is C15H18FNO. The van der Waals surface area contributed by atoms with Crippen LogP contribution in [0, 0.1) is 11.7 Å². The third-order valence-electron chi connectivity index (χ3n) is 4.29. The molecule has 1 N–H and O–H groups in total. The summed E-state index contributed by atoms with van der Waals surface area (Å²) in [7, 11) is 2.01. The molecule has 0 radical (unpaired) electrons. The average molecular weight is 247 g/mol. The number of rotatable bonds is 2. The first-order valence-electron chi connectivity index (χ1n) is 6.55. The summed E-state index contributed by atoms with van der Waals surface area (Å²) in [6.07, 6.45) is 2.31. The van der Waals surface area contributed by atoms with E-state index in [-0.39, 0.29) is 5.82 Å². The van der Waals surface area contributed by atoms with Crippen molar-refractivity contribution in [3.63, 3.8) is 0 Å². The van der Waals surface area contributed by atoms with Crippen molar-refractivity contribution in [3.05, 3.63) is 35.8 Å². The predicted molar refractivity (Wildman–Crippen MR) is 70.2 cm³/mol. The smallest absolute Gasteiger partial charge is 0.134 e. The molecule has 3 heteroatoms. The zero-order valence-corrected chi connectivity index (χ0v) is 10.7. The average Bonchev–Trinajstić information content (AvgIpc) is 2.91. The van der Waals surface area contributed by atoms with Crippen molar-refractivity contribution in [1.29, 1.82) is 0 Å². The van der Waals surface area contributed by atoms with Crippen molar-refractivity contribution in [2.45, 2.75) is 31.7 Å². The molecule has 0 bridgehead atoms. The molecule has 1 saturated carbocycles. The lowest BCUT2D eigenvalue weighted by molar-refractivity contribution is 0.387. The van der Waals surface area contributed by atoms with Crippen LogP contribution in [0.15, 0.2) is 28.7 Å². The van der Waals surface area contributed by atoms with E-state index in [9.17, 15) is 4.39 Å². The molecule has 0 amide bonds. The number of furan rings is 1. The van der Waals surface area contributed by atoms with Gasteiger partial charge < -0.3 is 9.73 Å². The normalized spacial score (nSPS) is 28.1. The first kappa shape index (κ1) is 11.7. The molecule has 1 aromatic carbocycles. The highest BCUT2D eigenvalue weighted by Gasteiger charge is 2.34. The van der Waals surface area contributed by atoms with Gasteiger partial charge in [-0.15, -0.1) is 0 Å². The Morgan fingerprint density at radius 2 is 2.11 bits per heavy atom. The summed E-state index contributed by atoms with van der Waals surface area (Å²) in [5.41, 5.74) is 0.784. The van der Waals surface area contributed by atoms with E-state index in [4.69, 9.17) is 4.42 Å². The lowest BCUT2D eigenvalue weighted by atomic mass is 9.93. The Morgan fingerprint density at radius 3 is 2.83 bits per heavy atom. The van der Waals surface area contributed by atoms with Gasteiger partial charge in [0.15, 0.2) is 0 Å². The molecule has 96 valence electrons. The second-order valence-electron chi connectivity index (χ2n) is 5.27. The minimum atomic E-state index is -0.206. The summed E-state index contributed by atoms with van der Waals surface area (Å²) in [6, 6.07) is 7.25. The quantitative estimate of drug-likeness (QED) is 0.875. The fraction of sp³-hybridized carbons (Fsp3) is 0.467. The Balaban J connectivity index is 1.95. The number of hydrogen-bond acceptors (Lipinski definition) is 2. The number of halogens is 1. The number of benzene rings is 1. The molecule has 3 rings (SSSR count). The van der Waals surface area contributed by atoms with E-state index < -0.39 is 0 Å². The van der Waals surface area contributed by atoms with Crippen molar-refractivity contribution >= 4 is 11.0 Å². The van der Waals surface area contributed by atoms with Gasteiger partial charge in [0, 0.05) is 17.3 Å². The molecule has 3 unspecified atom stereocenters. The van der Waals surface area contributed by atoms with Crippen molar-refractivity contribution in [3.8, 4) is 0 Å². The fourth-order valence-corrected chi connectivity index (χ4v) is 3.19. The van der Waals surface area contributed by atoms with Crippen LogP contribution in [0.2, 0.25) is 0 Å². The Morgan fingerprint density at radius 1 is 1.28 bits per heavy atom. The molecule has 0 spiro atoms. The Labute approximate surface area is 106 Å². The highest BCUT2D eigenvalue weighted by molar-refractivity contribution is 5.78. The van der Waals surface area contributed by atoms with Crippen LogP contribution in [0.25, 0.3) is 11.0 Å². The first-order valence-corrected chi connectivity index (χ1v) is 6.55. The van der Waals surface area contributed by atoms with Gasteiger partial charge in [-0.3, -0.25) is 0 Å². The van der Waals surface area contributed by atoms with Crippen molar-refractivity contribution in [2.24, 2.45) is 5.92 Å². The molecule has 1 aromatic heterocycles. The fourth-order valence-electron chi connectivity index (χ4n) is 3.19. The Hall–Kier alpha value is -1.35. The van der Waals surface area contributed by atoms with Gasteiger partial charge in [0.1, 0.15) is 17.2 Å². The third kappa shape index (κ3) is 1.83. The van der Waals surface area contributed by atoms with Crippen molar-refractivity contribution < 1.29 is 8.81 Å². The molecule has 2 aromatic rings. The molecule has 18 heavy (non-hydrogen) atoms. The molecular weight excluding hydrogens is 229 g/mol. The minimum Gasteiger partial charge on any atom is -0.461 e. The second-order valence-corrected chi connectivity index (χ2v) is 5.27. The van der Waals surface area contributed by atoms with E-state index in [1.165, 1.54) is 18.6 Å². The van der Waals surface area contributed by atoms with Gasteiger partial charge >= 0.3 is 0 Å². The Bertz CT molecular complexity index is 563. The maximum Gasteiger partial charge on any atom is 0.134 e. The predicted octanol–water partition coefficient (Wildman–Crippen LogP) is 3.67. The topological polar surface area (TPSA) is 25.2 Å². The van der Waals surface area contributed by atoms with E-state index in [1.54, 1.807) is 6.07 Å². The summed E-state index contributed by atoms with van der Waals surface area (Å²) in [5, 5.41) is 4.22. The van der Waals surface area contributed by atoms with Gasteiger partial charge in [0.2, 0.25) is 0 Å². The number of fused-ring (bicyclic) bond motifs is 1. The molecule has 1 heterocycles. The molecule has 1 aliphatic carbocycles. The van der Waals surface area contributed by atoms with E-state index in [2.05, 4.69) is 12.2 Å². The van der Waals surface area contributed by atoms with E-state index >= 15 is 0 Å². The minimum absolute atomic E-state index is 0.206. The molecule has 1 aliphatic rings. The zero-order chi connectivity index (χ0) is 12.7. The maximum atomic E-state index is 13.2. The van der Waals surface area contributed by atoms with Crippen LogP contribution in [0.5, 0.6) is 0 Å². The van der Waals surface area contributed by atoms with Crippen LogP contribution in [0.3, 0.4) is 0 Å². The van der Waals surface area contributed by atoms with E-state index in [1.807, 2.05) is 13.1 Å². The van der Waals surface area contributed by atoms with Gasteiger partial charge in [-0.25, -0.2) is 4.39 Å². The van der Waals surface area contributed by atoms with Crippen LogP contribution in [0.1, 0.15) is 31.4 Å².